The molecule has 0 spiro atoms. The normalized spacial score (nSPS) is 11.7. The van der Waals surface area contributed by atoms with Gasteiger partial charge in [0.2, 0.25) is 5.95 Å². The zero-order valence-corrected chi connectivity index (χ0v) is 6.84. The summed E-state index contributed by atoms with van der Waals surface area (Å²) in [7, 11) is 1.54. The number of nitrogens with one attached hydrogen (secondary N) is 1. The smallest absolute Gasteiger partial charge is 0.353 e. The highest BCUT2D eigenvalue weighted by Crippen LogP contribution is 2.18. The Morgan fingerprint density at radius 1 is 1.46 bits per heavy atom. The summed E-state index contributed by atoms with van der Waals surface area (Å²) in [6.07, 6.45) is -5.06. The minimum Gasteiger partial charge on any atom is -0.353 e. The van der Waals surface area contributed by atoms with E-state index in [1.807, 2.05) is 0 Å². The van der Waals surface area contributed by atoms with Crippen molar-refractivity contribution in [2.75, 3.05) is 11.9 Å². The number of aromatic nitrogens is 4. The van der Waals surface area contributed by atoms with Crippen LogP contribution in [0.25, 0.3) is 0 Å². The molecule has 0 unspecified atom stereocenters. The summed E-state index contributed by atoms with van der Waals surface area (Å²) in [6, 6.07) is 0. The van der Waals surface area contributed by atoms with Crippen LogP contribution in [-0.2, 0) is 7.05 Å². The Balaban J connectivity index is 2.32. The van der Waals surface area contributed by atoms with Gasteiger partial charge in [0, 0.05) is 13.6 Å². The predicted molar refractivity (Wildman–Crippen MR) is 38.0 cm³/mol. The van der Waals surface area contributed by atoms with Crippen LogP contribution in [0.3, 0.4) is 0 Å². The molecule has 0 aromatic carbocycles. The first-order valence-electron chi connectivity index (χ1n) is 3.52. The van der Waals surface area contributed by atoms with Crippen molar-refractivity contribution in [1.29, 1.82) is 0 Å². The van der Waals surface area contributed by atoms with Gasteiger partial charge in [0.1, 0.15) is 0 Å². The predicted octanol–water partition coefficient (Wildman–Crippen LogP) is 0.574. The molecule has 8 heteroatoms. The molecule has 0 aliphatic carbocycles. The molecule has 0 saturated carbocycles. The maximum atomic E-state index is 11.7. The minimum absolute atomic E-state index is 0.224. The number of nitrogens with zero attached hydrogens (tertiary/aromatic N) is 4. The molecule has 1 rings (SSSR count). The van der Waals surface area contributed by atoms with Gasteiger partial charge in [-0.25, -0.2) is 4.68 Å². The number of alkyl halides is 3. The van der Waals surface area contributed by atoms with Crippen LogP contribution in [0.1, 0.15) is 6.42 Å². The van der Waals surface area contributed by atoms with Crippen molar-refractivity contribution in [1.82, 2.24) is 20.2 Å². The van der Waals surface area contributed by atoms with Gasteiger partial charge in [-0.05, 0) is 10.4 Å². The highest BCUT2D eigenvalue weighted by Gasteiger charge is 2.26. The molecule has 0 saturated heterocycles. The van der Waals surface area contributed by atoms with E-state index in [0.29, 0.717) is 0 Å². The summed E-state index contributed by atoms with van der Waals surface area (Å²) in [4.78, 5) is 0. The van der Waals surface area contributed by atoms with Gasteiger partial charge in [0.05, 0.1) is 6.42 Å². The Morgan fingerprint density at radius 3 is 2.62 bits per heavy atom. The van der Waals surface area contributed by atoms with E-state index in [1.54, 1.807) is 0 Å². The Kier molecular flexibility index (Phi) is 2.69. The van der Waals surface area contributed by atoms with E-state index in [4.69, 9.17) is 0 Å². The van der Waals surface area contributed by atoms with Crippen molar-refractivity contribution in [3.63, 3.8) is 0 Å². The highest BCUT2D eigenvalue weighted by molar-refractivity contribution is 5.20. The molecule has 0 radical (unpaired) electrons. The molecular formula is C5H8F3N5. The zero-order valence-electron chi connectivity index (χ0n) is 6.84. The first kappa shape index (κ1) is 9.75. The van der Waals surface area contributed by atoms with Crippen LogP contribution in [0.5, 0.6) is 0 Å². The molecule has 1 aromatic heterocycles. The van der Waals surface area contributed by atoms with Crippen molar-refractivity contribution in [3.05, 3.63) is 0 Å². The van der Waals surface area contributed by atoms with Crippen LogP contribution in [0.4, 0.5) is 19.1 Å². The first-order valence-corrected chi connectivity index (χ1v) is 3.52. The number of hydrogen-bond donors (Lipinski definition) is 1. The molecule has 74 valence electrons. The molecule has 0 bridgehead atoms. The average molecular weight is 195 g/mol. The molecule has 5 nitrogen and oxygen atoms in total. The van der Waals surface area contributed by atoms with Crippen LogP contribution >= 0.6 is 0 Å². The summed E-state index contributed by atoms with van der Waals surface area (Å²) in [6.45, 7) is -0.224. The number of aryl methyl sites for hydroxylation is 1. The molecule has 1 aromatic rings. The van der Waals surface area contributed by atoms with E-state index in [-0.39, 0.29) is 12.5 Å². The van der Waals surface area contributed by atoms with Crippen molar-refractivity contribution in [2.24, 2.45) is 7.05 Å². The third-order valence-corrected chi connectivity index (χ3v) is 1.31. The third-order valence-electron chi connectivity index (χ3n) is 1.31. The quantitative estimate of drug-likeness (QED) is 0.766. The lowest BCUT2D eigenvalue weighted by molar-refractivity contribution is -0.131. The molecular weight excluding hydrogens is 187 g/mol. The van der Waals surface area contributed by atoms with E-state index < -0.39 is 12.6 Å². The Labute approximate surface area is 71.9 Å². The third kappa shape index (κ3) is 3.26. The van der Waals surface area contributed by atoms with Gasteiger partial charge >= 0.3 is 6.18 Å². The molecule has 13 heavy (non-hydrogen) atoms. The van der Waals surface area contributed by atoms with Gasteiger partial charge in [-0.3, -0.25) is 0 Å². The Bertz CT molecular complexity index is 267. The van der Waals surface area contributed by atoms with Gasteiger partial charge in [-0.1, -0.05) is 5.10 Å². The largest absolute Gasteiger partial charge is 0.390 e. The monoisotopic (exact) mass is 195 g/mol. The summed E-state index contributed by atoms with van der Waals surface area (Å²) in [5.41, 5.74) is 0. The zero-order chi connectivity index (χ0) is 9.90. The summed E-state index contributed by atoms with van der Waals surface area (Å²) in [5, 5.41) is 12.6. The molecule has 0 fully saturated rings. The molecule has 1 heterocycles. The highest BCUT2D eigenvalue weighted by atomic mass is 19.4. The molecule has 1 N–H and O–H groups in total. The second-order valence-electron chi connectivity index (χ2n) is 2.42. The maximum Gasteiger partial charge on any atom is 0.390 e. The van der Waals surface area contributed by atoms with Gasteiger partial charge in [0.15, 0.2) is 0 Å². The van der Waals surface area contributed by atoms with Crippen molar-refractivity contribution >= 4 is 5.95 Å². The van der Waals surface area contributed by atoms with E-state index in [1.165, 1.54) is 11.7 Å². The van der Waals surface area contributed by atoms with Crippen LogP contribution in [-0.4, -0.2) is 32.9 Å². The topological polar surface area (TPSA) is 55.6 Å². The maximum absolute atomic E-state index is 11.7. The summed E-state index contributed by atoms with van der Waals surface area (Å²) in [5.74, 6) is 0.226. The number of anilines is 1. The number of hydrogen-bond acceptors (Lipinski definition) is 4. The van der Waals surface area contributed by atoms with Crippen molar-refractivity contribution < 1.29 is 13.2 Å². The van der Waals surface area contributed by atoms with Gasteiger partial charge in [0.25, 0.3) is 0 Å². The molecule has 0 aliphatic heterocycles. The second kappa shape index (κ2) is 3.58. The van der Waals surface area contributed by atoms with E-state index in [0.717, 1.165) is 0 Å². The number of halogens is 3. The lowest BCUT2D eigenvalue weighted by atomic mass is 10.4. The second-order valence-corrected chi connectivity index (χ2v) is 2.42. The van der Waals surface area contributed by atoms with Crippen molar-refractivity contribution in [3.8, 4) is 0 Å². The van der Waals surface area contributed by atoms with Crippen LogP contribution < -0.4 is 5.32 Å². The van der Waals surface area contributed by atoms with Crippen LogP contribution in [0.2, 0.25) is 0 Å². The molecule has 0 atom stereocenters. The van der Waals surface area contributed by atoms with Gasteiger partial charge in [-0.2, -0.15) is 13.2 Å². The fourth-order valence-corrected chi connectivity index (χ4v) is 0.695. The lowest BCUT2D eigenvalue weighted by Crippen LogP contribution is -2.16. The summed E-state index contributed by atoms with van der Waals surface area (Å²) >= 11 is 0. The summed E-state index contributed by atoms with van der Waals surface area (Å²) < 4.78 is 36.3. The van der Waals surface area contributed by atoms with Gasteiger partial charge in [-0.15, -0.1) is 0 Å². The number of tetrazole rings is 1. The van der Waals surface area contributed by atoms with E-state index in [9.17, 15) is 13.2 Å². The standard InChI is InChI=1S/C5H8F3N5/c1-13-4(10-11-12-13)9-3-2-5(6,7)8/h2-3H2,1H3,(H,9,10,12). The van der Waals surface area contributed by atoms with Crippen molar-refractivity contribution in [2.45, 2.75) is 12.6 Å². The molecule has 0 amide bonds. The fourth-order valence-electron chi connectivity index (χ4n) is 0.695. The Hall–Kier alpha value is -1.34. The van der Waals surface area contributed by atoms with Crippen LogP contribution in [0, 0.1) is 0 Å². The lowest BCUT2D eigenvalue weighted by Gasteiger charge is -2.06. The minimum atomic E-state index is -4.15. The van der Waals surface area contributed by atoms with E-state index in [2.05, 4.69) is 20.8 Å². The molecule has 0 aliphatic rings. The number of rotatable bonds is 3. The Morgan fingerprint density at radius 2 is 2.15 bits per heavy atom. The van der Waals surface area contributed by atoms with Gasteiger partial charge < -0.3 is 5.32 Å². The van der Waals surface area contributed by atoms with Crippen LogP contribution in [0.15, 0.2) is 0 Å². The SMILES string of the molecule is Cn1nnnc1NCCC(F)(F)F. The average Bonchev–Trinajstić information content (AvgIpc) is 2.34. The first-order chi connectivity index (χ1) is 5.99. The van der Waals surface area contributed by atoms with E-state index >= 15 is 0 Å². The fraction of sp³-hybridized carbons (Fsp3) is 0.800.